The third kappa shape index (κ3) is 19.4. The summed E-state index contributed by atoms with van der Waals surface area (Å²) in [6, 6.07) is 0. The first-order valence-corrected chi connectivity index (χ1v) is 6.63. The highest BCUT2D eigenvalue weighted by Gasteiger charge is 2.07. The quantitative estimate of drug-likeness (QED) is 0.476. The Kier molecular flexibility index (Phi) is 14.1. The van der Waals surface area contributed by atoms with E-state index in [0.29, 0.717) is 12.8 Å². The molecule has 0 aromatic rings. The summed E-state index contributed by atoms with van der Waals surface area (Å²) in [6.07, 6.45) is 2.61. The molecule has 0 saturated heterocycles. The highest BCUT2D eigenvalue weighted by molar-refractivity contribution is 5.67. The molecule has 0 fully saturated rings. The van der Waals surface area contributed by atoms with Gasteiger partial charge in [-0.1, -0.05) is 33.1 Å². The van der Waals surface area contributed by atoms with Crippen LogP contribution in [0.4, 0.5) is 0 Å². The first kappa shape index (κ1) is 20.2. The number of carboxylic acids is 2. The van der Waals surface area contributed by atoms with E-state index >= 15 is 0 Å². The van der Waals surface area contributed by atoms with E-state index in [2.05, 4.69) is 6.92 Å². The number of carbonyl (C=O) groups is 2. The zero-order valence-electron chi connectivity index (χ0n) is 11.7. The molecule has 6 nitrogen and oxygen atoms in total. The van der Waals surface area contributed by atoms with Gasteiger partial charge in [0.15, 0.2) is 0 Å². The molecule has 0 bridgehead atoms. The van der Waals surface area contributed by atoms with E-state index in [0.717, 1.165) is 19.3 Å². The molecular weight excluding hydrogens is 252 g/mol. The minimum atomic E-state index is -0.945. The van der Waals surface area contributed by atoms with Crippen LogP contribution in [0.5, 0.6) is 0 Å². The van der Waals surface area contributed by atoms with Gasteiger partial charge in [-0.15, -0.1) is 0 Å². The highest BCUT2D eigenvalue weighted by Crippen LogP contribution is 2.05. The van der Waals surface area contributed by atoms with E-state index in [9.17, 15) is 9.59 Å². The van der Waals surface area contributed by atoms with Crippen molar-refractivity contribution >= 4 is 11.9 Å². The summed E-state index contributed by atoms with van der Waals surface area (Å²) in [4.78, 5) is 19.9. The average Bonchev–Trinajstić information content (AvgIpc) is 2.28. The van der Waals surface area contributed by atoms with Crippen LogP contribution in [0.25, 0.3) is 0 Å². The summed E-state index contributed by atoms with van der Waals surface area (Å²) in [5, 5.41) is 34.0. The van der Waals surface area contributed by atoms with Crippen molar-refractivity contribution in [2.45, 2.75) is 71.0 Å². The molecule has 0 aliphatic heterocycles. The maximum atomic E-state index is 10.1. The predicted molar refractivity (Wildman–Crippen MR) is 71.0 cm³/mol. The smallest absolute Gasteiger partial charge is 0.305 e. The van der Waals surface area contributed by atoms with E-state index < -0.39 is 24.1 Å². The van der Waals surface area contributed by atoms with Crippen LogP contribution in [0.15, 0.2) is 0 Å². The first-order chi connectivity index (χ1) is 8.83. The van der Waals surface area contributed by atoms with Gasteiger partial charge in [0.2, 0.25) is 0 Å². The molecule has 2 atom stereocenters. The van der Waals surface area contributed by atoms with Crippen LogP contribution < -0.4 is 0 Å². The summed E-state index contributed by atoms with van der Waals surface area (Å²) in [6.45, 7) is 3.82. The zero-order valence-corrected chi connectivity index (χ0v) is 11.7. The molecule has 0 rings (SSSR count). The van der Waals surface area contributed by atoms with E-state index in [1.807, 2.05) is 0 Å². The van der Waals surface area contributed by atoms with Gasteiger partial charge in [0, 0.05) is 0 Å². The molecule has 19 heavy (non-hydrogen) atoms. The van der Waals surface area contributed by atoms with Gasteiger partial charge in [-0.3, -0.25) is 9.59 Å². The molecule has 0 spiro atoms. The molecule has 0 aliphatic rings. The van der Waals surface area contributed by atoms with E-state index in [1.165, 1.54) is 0 Å². The fraction of sp³-hybridized carbons (Fsp3) is 0.846. The molecule has 114 valence electrons. The lowest BCUT2D eigenvalue weighted by atomic mass is 10.1. The summed E-state index contributed by atoms with van der Waals surface area (Å²) >= 11 is 0. The van der Waals surface area contributed by atoms with E-state index in [1.54, 1.807) is 6.92 Å². The standard InChI is InChI=1S/C8H16O3.C5H10O3/c1-2-3-4-5-7(9)6-8(10)11;1-2-4(6)3-5(7)8/h7,9H,2-6H2,1H3,(H,10,11);4,6H,2-3H2,1H3,(H,7,8). The molecule has 0 aromatic heterocycles. The van der Waals surface area contributed by atoms with Crippen molar-refractivity contribution in [2.24, 2.45) is 0 Å². The van der Waals surface area contributed by atoms with Crippen LogP contribution >= 0.6 is 0 Å². The number of hydrogen-bond acceptors (Lipinski definition) is 4. The summed E-state index contributed by atoms with van der Waals surface area (Å²) in [7, 11) is 0. The van der Waals surface area contributed by atoms with Gasteiger partial charge in [-0.05, 0) is 12.8 Å². The summed E-state index contributed by atoms with van der Waals surface area (Å²) < 4.78 is 0. The fourth-order valence-corrected chi connectivity index (χ4v) is 1.28. The van der Waals surface area contributed by atoms with Gasteiger partial charge in [-0.25, -0.2) is 0 Å². The van der Waals surface area contributed by atoms with Gasteiger partial charge in [-0.2, -0.15) is 0 Å². The van der Waals surface area contributed by atoms with Gasteiger partial charge >= 0.3 is 11.9 Å². The second kappa shape index (κ2) is 13.3. The fourth-order valence-electron chi connectivity index (χ4n) is 1.28. The Labute approximate surface area is 114 Å². The molecule has 2 unspecified atom stereocenters. The van der Waals surface area contributed by atoms with Crippen molar-refractivity contribution in [3.63, 3.8) is 0 Å². The molecule has 0 saturated carbocycles. The Bertz CT molecular complexity index is 241. The van der Waals surface area contributed by atoms with Gasteiger partial charge in [0.1, 0.15) is 0 Å². The van der Waals surface area contributed by atoms with Crippen LogP contribution in [-0.4, -0.2) is 44.6 Å². The number of carboxylic acid groups (broad SMARTS) is 2. The third-order valence-corrected chi connectivity index (χ3v) is 2.43. The Morgan fingerprint density at radius 2 is 1.37 bits per heavy atom. The van der Waals surface area contributed by atoms with Crippen molar-refractivity contribution < 1.29 is 30.0 Å². The molecule has 0 amide bonds. The van der Waals surface area contributed by atoms with Gasteiger partial charge in [0.25, 0.3) is 0 Å². The van der Waals surface area contributed by atoms with E-state index in [-0.39, 0.29) is 12.8 Å². The second-order valence-electron chi connectivity index (χ2n) is 4.41. The van der Waals surface area contributed by atoms with Crippen LogP contribution in [0, 0.1) is 0 Å². The van der Waals surface area contributed by atoms with Crippen LogP contribution in [0.3, 0.4) is 0 Å². The first-order valence-electron chi connectivity index (χ1n) is 6.63. The predicted octanol–water partition coefficient (Wildman–Crippen LogP) is 1.63. The lowest BCUT2D eigenvalue weighted by molar-refractivity contribution is -0.140. The molecule has 4 N–H and O–H groups in total. The van der Waals surface area contributed by atoms with Crippen LogP contribution in [0.1, 0.15) is 58.8 Å². The molecule has 0 radical (unpaired) electrons. The maximum Gasteiger partial charge on any atom is 0.305 e. The van der Waals surface area contributed by atoms with Crippen LogP contribution in [-0.2, 0) is 9.59 Å². The second-order valence-corrected chi connectivity index (χ2v) is 4.41. The van der Waals surface area contributed by atoms with Gasteiger partial charge in [0.05, 0.1) is 25.0 Å². The minimum absolute atomic E-state index is 0.121. The van der Waals surface area contributed by atoms with Crippen LogP contribution in [0.2, 0.25) is 0 Å². The van der Waals surface area contributed by atoms with Crippen molar-refractivity contribution in [1.29, 1.82) is 0 Å². The minimum Gasteiger partial charge on any atom is -0.481 e. The monoisotopic (exact) mass is 278 g/mol. The van der Waals surface area contributed by atoms with Gasteiger partial charge < -0.3 is 20.4 Å². The third-order valence-electron chi connectivity index (χ3n) is 2.43. The van der Waals surface area contributed by atoms with Crippen molar-refractivity contribution in [3.05, 3.63) is 0 Å². The Morgan fingerprint density at radius 1 is 0.895 bits per heavy atom. The number of hydrogen-bond donors (Lipinski definition) is 4. The molecule has 0 heterocycles. The molecule has 0 aromatic carbocycles. The number of rotatable bonds is 9. The molecular formula is C13H26O6. The SMILES string of the molecule is CCC(O)CC(=O)O.CCCCCC(O)CC(=O)O. The highest BCUT2D eigenvalue weighted by atomic mass is 16.4. The Balaban J connectivity index is 0. The Morgan fingerprint density at radius 3 is 1.68 bits per heavy atom. The summed E-state index contributed by atoms with van der Waals surface area (Å²) in [5.41, 5.74) is 0. The van der Waals surface area contributed by atoms with Crippen molar-refractivity contribution in [1.82, 2.24) is 0 Å². The molecule has 6 heteroatoms. The van der Waals surface area contributed by atoms with Crippen molar-refractivity contribution in [3.8, 4) is 0 Å². The normalized spacial score (nSPS) is 13.1. The van der Waals surface area contributed by atoms with E-state index in [4.69, 9.17) is 20.4 Å². The summed E-state index contributed by atoms with van der Waals surface area (Å²) in [5.74, 6) is -1.87. The Hall–Kier alpha value is -1.14. The number of unbranched alkanes of at least 4 members (excludes halogenated alkanes) is 2. The average molecular weight is 278 g/mol. The lowest BCUT2D eigenvalue weighted by Gasteiger charge is -2.05. The lowest BCUT2D eigenvalue weighted by Crippen LogP contribution is -2.12. The number of aliphatic hydroxyl groups is 2. The largest absolute Gasteiger partial charge is 0.481 e. The number of aliphatic carboxylic acids is 2. The topological polar surface area (TPSA) is 115 Å². The van der Waals surface area contributed by atoms with Crippen molar-refractivity contribution in [2.75, 3.05) is 0 Å². The molecule has 0 aliphatic carbocycles. The maximum absolute atomic E-state index is 10.1. The zero-order chi connectivity index (χ0) is 15.3. The number of aliphatic hydroxyl groups excluding tert-OH is 2.